The highest BCUT2D eigenvalue weighted by Gasteiger charge is 2.32. The zero-order valence-corrected chi connectivity index (χ0v) is 17.3. The van der Waals surface area contributed by atoms with Crippen LogP contribution < -0.4 is 10.6 Å². The second-order valence-corrected chi connectivity index (χ2v) is 7.93. The molecule has 31 heavy (non-hydrogen) atoms. The number of halogens is 3. The quantitative estimate of drug-likeness (QED) is 0.704. The van der Waals surface area contributed by atoms with Crippen LogP contribution in [0.3, 0.4) is 0 Å². The van der Waals surface area contributed by atoms with Crippen LogP contribution in [-0.2, 0) is 15.9 Å². The number of fused-ring (bicyclic) bond motifs is 1. The zero-order chi connectivity index (χ0) is 22.0. The SMILES string of the molecule is O=C(N[C@H]1CCc2c(C(=O)Nc3ccc(F)c(Cl)c3)ccc(F)c21)OC1CCOCC1. The molecule has 2 amide bonds. The van der Waals surface area contributed by atoms with Crippen molar-refractivity contribution in [1.29, 1.82) is 0 Å². The van der Waals surface area contributed by atoms with Gasteiger partial charge in [-0.1, -0.05) is 11.6 Å². The van der Waals surface area contributed by atoms with Crippen LogP contribution in [0.5, 0.6) is 0 Å². The molecule has 1 atom stereocenters. The van der Waals surface area contributed by atoms with Crippen molar-refractivity contribution in [2.45, 2.75) is 37.8 Å². The van der Waals surface area contributed by atoms with Gasteiger partial charge in [0.15, 0.2) is 0 Å². The topological polar surface area (TPSA) is 76.7 Å². The molecule has 0 saturated carbocycles. The first-order valence-corrected chi connectivity index (χ1v) is 10.4. The molecule has 0 spiro atoms. The molecule has 2 aliphatic rings. The maximum atomic E-state index is 14.6. The summed E-state index contributed by atoms with van der Waals surface area (Å²) in [4.78, 5) is 25.1. The Balaban J connectivity index is 1.48. The van der Waals surface area contributed by atoms with Crippen molar-refractivity contribution >= 4 is 29.3 Å². The predicted molar refractivity (Wildman–Crippen MR) is 110 cm³/mol. The Morgan fingerprint density at radius 2 is 1.81 bits per heavy atom. The molecular weight excluding hydrogens is 430 g/mol. The normalized spacial score (nSPS) is 18.4. The molecule has 1 aliphatic carbocycles. The second-order valence-electron chi connectivity index (χ2n) is 7.52. The summed E-state index contributed by atoms with van der Waals surface area (Å²) in [7, 11) is 0. The summed E-state index contributed by atoms with van der Waals surface area (Å²) in [6.45, 7) is 1.08. The molecule has 1 heterocycles. The molecule has 4 rings (SSSR count). The monoisotopic (exact) mass is 450 g/mol. The number of amides is 2. The van der Waals surface area contributed by atoms with Crippen molar-refractivity contribution in [3.8, 4) is 0 Å². The van der Waals surface area contributed by atoms with Crippen LogP contribution in [0.1, 0.15) is 46.8 Å². The molecule has 2 N–H and O–H groups in total. The van der Waals surface area contributed by atoms with E-state index < -0.39 is 29.7 Å². The lowest BCUT2D eigenvalue weighted by atomic mass is 10.0. The molecule has 164 valence electrons. The van der Waals surface area contributed by atoms with Crippen molar-refractivity contribution in [2.75, 3.05) is 18.5 Å². The van der Waals surface area contributed by atoms with Gasteiger partial charge in [0, 0.05) is 29.7 Å². The van der Waals surface area contributed by atoms with Gasteiger partial charge in [0.1, 0.15) is 17.7 Å². The zero-order valence-electron chi connectivity index (χ0n) is 16.6. The van der Waals surface area contributed by atoms with Crippen LogP contribution in [0.15, 0.2) is 30.3 Å². The van der Waals surface area contributed by atoms with Gasteiger partial charge in [-0.05, 0) is 48.7 Å². The molecule has 2 aromatic carbocycles. The predicted octanol–water partition coefficient (Wildman–Crippen LogP) is 4.76. The van der Waals surface area contributed by atoms with E-state index in [4.69, 9.17) is 21.1 Å². The lowest BCUT2D eigenvalue weighted by molar-refractivity contribution is 0.000763. The fourth-order valence-electron chi connectivity index (χ4n) is 3.97. The van der Waals surface area contributed by atoms with Crippen molar-refractivity contribution in [3.63, 3.8) is 0 Å². The fraction of sp³-hybridized carbons (Fsp3) is 0.364. The van der Waals surface area contributed by atoms with E-state index in [-0.39, 0.29) is 16.7 Å². The Kier molecular flexibility index (Phi) is 6.38. The first-order chi connectivity index (χ1) is 14.9. The molecule has 0 aromatic heterocycles. The number of carbonyl (C=O) groups is 2. The fourth-order valence-corrected chi connectivity index (χ4v) is 4.15. The summed E-state index contributed by atoms with van der Waals surface area (Å²) in [5.41, 5.74) is 1.43. The van der Waals surface area contributed by atoms with Crippen molar-refractivity contribution < 1.29 is 27.8 Å². The molecule has 0 bridgehead atoms. The average Bonchev–Trinajstić information content (AvgIpc) is 3.16. The molecule has 1 aliphatic heterocycles. The molecule has 6 nitrogen and oxygen atoms in total. The highest BCUT2D eigenvalue weighted by molar-refractivity contribution is 6.31. The Morgan fingerprint density at radius 1 is 1.06 bits per heavy atom. The summed E-state index contributed by atoms with van der Waals surface area (Å²) in [5, 5.41) is 5.25. The van der Waals surface area contributed by atoms with Gasteiger partial charge in [0.05, 0.1) is 24.3 Å². The Labute approximate surface area is 182 Å². The van der Waals surface area contributed by atoms with Gasteiger partial charge < -0.3 is 20.1 Å². The maximum absolute atomic E-state index is 14.6. The number of benzene rings is 2. The molecule has 9 heteroatoms. The number of hydrogen-bond acceptors (Lipinski definition) is 4. The largest absolute Gasteiger partial charge is 0.446 e. The molecule has 1 fully saturated rings. The van der Waals surface area contributed by atoms with Crippen molar-refractivity contribution in [2.24, 2.45) is 0 Å². The number of ether oxygens (including phenoxy) is 2. The molecular formula is C22H21ClF2N2O4. The van der Waals surface area contributed by atoms with Gasteiger partial charge in [-0.3, -0.25) is 4.79 Å². The Bertz CT molecular complexity index is 1010. The summed E-state index contributed by atoms with van der Waals surface area (Å²) >= 11 is 5.76. The van der Waals surface area contributed by atoms with E-state index >= 15 is 0 Å². The number of alkyl carbamates (subject to hydrolysis) is 1. The molecule has 0 unspecified atom stereocenters. The third-order valence-electron chi connectivity index (χ3n) is 5.49. The van der Waals surface area contributed by atoms with Gasteiger partial charge in [-0.25, -0.2) is 13.6 Å². The minimum atomic E-state index is -0.611. The van der Waals surface area contributed by atoms with Crippen LogP contribution in [0, 0.1) is 11.6 Å². The smallest absolute Gasteiger partial charge is 0.407 e. The number of rotatable bonds is 4. The van der Waals surface area contributed by atoms with Crippen LogP contribution in [0.4, 0.5) is 19.3 Å². The van der Waals surface area contributed by atoms with E-state index in [1.54, 1.807) is 0 Å². The first kappa shape index (κ1) is 21.5. The summed E-state index contributed by atoms with van der Waals surface area (Å²) in [6, 6.07) is 5.86. The Hall–Kier alpha value is -2.71. The van der Waals surface area contributed by atoms with E-state index in [9.17, 15) is 18.4 Å². The summed E-state index contributed by atoms with van der Waals surface area (Å²) < 4.78 is 38.6. The second kappa shape index (κ2) is 9.20. The number of hydrogen-bond donors (Lipinski definition) is 2. The van der Waals surface area contributed by atoms with E-state index in [1.807, 2.05) is 0 Å². The van der Waals surface area contributed by atoms with Gasteiger partial charge in [-0.15, -0.1) is 0 Å². The number of carbonyl (C=O) groups excluding carboxylic acids is 2. The lowest BCUT2D eigenvalue weighted by Crippen LogP contribution is -2.34. The molecule has 1 saturated heterocycles. The van der Waals surface area contributed by atoms with Crippen molar-refractivity contribution in [3.05, 3.63) is 63.7 Å². The van der Waals surface area contributed by atoms with E-state index in [0.717, 1.165) is 6.07 Å². The standard InChI is InChI=1S/C22H21ClF2N2O4/c23-16-11-12(1-4-17(16)24)26-21(28)15-2-5-18(25)20-14(15)3-6-19(20)27-22(29)31-13-7-9-30-10-8-13/h1-2,4-5,11,13,19H,3,6-10H2,(H,26,28)(H,27,29)/t19-/m0/s1. The van der Waals surface area contributed by atoms with Gasteiger partial charge in [0.2, 0.25) is 0 Å². The minimum absolute atomic E-state index is 0.116. The Morgan fingerprint density at radius 3 is 2.55 bits per heavy atom. The third kappa shape index (κ3) is 4.80. The summed E-state index contributed by atoms with van der Waals surface area (Å²) in [6.07, 6.45) is 1.28. The van der Waals surface area contributed by atoms with Crippen LogP contribution in [-0.4, -0.2) is 31.3 Å². The third-order valence-corrected chi connectivity index (χ3v) is 5.78. The molecule has 0 radical (unpaired) electrons. The van der Waals surface area contributed by atoms with E-state index in [0.29, 0.717) is 55.7 Å². The van der Waals surface area contributed by atoms with Gasteiger partial charge in [-0.2, -0.15) is 0 Å². The van der Waals surface area contributed by atoms with Crippen LogP contribution in [0.25, 0.3) is 0 Å². The minimum Gasteiger partial charge on any atom is -0.446 e. The lowest BCUT2D eigenvalue weighted by Gasteiger charge is -2.23. The van der Waals surface area contributed by atoms with Gasteiger partial charge in [0.25, 0.3) is 5.91 Å². The summed E-state index contributed by atoms with van der Waals surface area (Å²) in [5.74, 6) is -1.56. The number of nitrogens with one attached hydrogen (secondary N) is 2. The average molecular weight is 451 g/mol. The van der Waals surface area contributed by atoms with Gasteiger partial charge >= 0.3 is 6.09 Å². The van der Waals surface area contributed by atoms with E-state index in [1.165, 1.54) is 24.3 Å². The van der Waals surface area contributed by atoms with Crippen molar-refractivity contribution in [1.82, 2.24) is 5.32 Å². The molecule has 2 aromatic rings. The van der Waals surface area contributed by atoms with Crippen LogP contribution >= 0.6 is 11.6 Å². The first-order valence-electron chi connectivity index (χ1n) is 10.0. The highest BCUT2D eigenvalue weighted by atomic mass is 35.5. The number of anilines is 1. The van der Waals surface area contributed by atoms with Crippen LogP contribution in [0.2, 0.25) is 5.02 Å². The highest BCUT2D eigenvalue weighted by Crippen LogP contribution is 2.36. The van der Waals surface area contributed by atoms with E-state index in [2.05, 4.69) is 10.6 Å². The maximum Gasteiger partial charge on any atom is 0.407 e.